The number of carbonyl (C=O) groups is 1. The van der Waals surface area contributed by atoms with Gasteiger partial charge in [-0.2, -0.15) is 0 Å². The van der Waals surface area contributed by atoms with Gasteiger partial charge in [0.05, 0.1) is 5.75 Å². The molecule has 0 saturated heterocycles. The van der Waals surface area contributed by atoms with Crippen LogP contribution in [-0.2, 0) is 17.3 Å². The van der Waals surface area contributed by atoms with E-state index in [0.29, 0.717) is 5.75 Å². The van der Waals surface area contributed by atoms with Gasteiger partial charge in [0.25, 0.3) is 0 Å². The summed E-state index contributed by atoms with van der Waals surface area (Å²) < 4.78 is 1.79. The molecule has 0 atom stereocenters. The third kappa shape index (κ3) is 4.32. The average molecular weight is 304 g/mol. The van der Waals surface area contributed by atoms with Crippen molar-refractivity contribution in [1.82, 2.24) is 14.8 Å². The van der Waals surface area contributed by atoms with Crippen molar-refractivity contribution >= 4 is 23.4 Å². The van der Waals surface area contributed by atoms with Gasteiger partial charge in [-0.15, -0.1) is 10.2 Å². The summed E-state index contributed by atoms with van der Waals surface area (Å²) in [6, 6.07) is 7.97. The molecule has 1 N–H and O–H groups in total. The van der Waals surface area contributed by atoms with E-state index in [1.54, 1.807) is 10.9 Å². The predicted molar refractivity (Wildman–Crippen MR) is 85.5 cm³/mol. The van der Waals surface area contributed by atoms with Gasteiger partial charge in [0.2, 0.25) is 5.91 Å². The van der Waals surface area contributed by atoms with Crippen molar-refractivity contribution in [3.05, 3.63) is 36.2 Å². The molecule has 0 aliphatic heterocycles. The molecule has 5 nitrogen and oxygen atoms in total. The number of hydrogen-bond donors (Lipinski definition) is 1. The summed E-state index contributed by atoms with van der Waals surface area (Å²) in [6.07, 6.45) is 1.62. The number of thioether (sulfide) groups is 1. The van der Waals surface area contributed by atoms with Crippen molar-refractivity contribution in [3.63, 3.8) is 0 Å². The van der Waals surface area contributed by atoms with Crippen LogP contribution in [0.3, 0.4) is 0 Å². The summed E-state index contributed by atoms with van der Waals surface area (Å²) in [6.45, 7) is 6.49. The molecule has 6 heteroatoms. The van der Waals surface area contributed by atoms with Gasteiger partial charge in [-0.1, -0.05) is 44.7 Å². The van der Waals surface area contributed by atoms with Crippen LogP contribution in [-0.4, -0.2) is 26.4 Å². The molecule has 0 bridgehead atoms. The van der Waals surface area contributed by atoms with Crippen LogP contribution in [0.5, 0.6) is 0 Å². The largest absolute Gasteiger partial charge is 0.325 e. The van der Waals surface area contributed by atoms with E-state index in [1.165, 1.54) is 17.3 Å². The standard InChI is InChI=1S/C15H20N4OS/c1-15(2,3)11-5-7-12(8-6-11)17-13(20)9-21-14-18-16-10-19(14)4/h5-8,10H,9H2,1-4H3,(H,17,20). The van der Waals surface area contributed by atoms with E-state index < -0.39 is 0 Å². The molecule has 0 saturated carbocycles. The van der Waals surface area contributed by atoms with Crippen LogP contribution < -0.4 is 5.32 Å². The maximum Gasteiger partial charge on any atom is 0.234 e. The third-order valence-electron chi connectivity index (χ3n) is 3.04. The molecule has 0 aliphatic rings. The van der Waals surface area contributed by atoms with Gasteiger partial charge in [-0.25, -0.2) is 0 Å². The molecular formula is C15H20N4OS. The molecule has 1 heterocycles. The van der Waals surface area contributed by atoms with Crippen LogP contribution >= 0.6 is 11.8 Å². The van der Waals surface area contributed by atoms with Crippen LogP contribution in [0.2, 0.25) is 0 Å². The molecule has 1 amide bonds. The van der Waals surface area contributed by atoms with Crippen LogP contribution in [0.25, 0.3) is 0 Å². The van der Waals surface area contributed by atoms with Crippen molar-refractivity contribution in [3.8, 4) is 0 Å². The minimum atomic E-state index is -0.0495. The lowest BCUT2D eigenvalue weighted by atomic mass is 9.87. The number of benzene rings is 1. The highest BCUT2D eigenvalue weighted by Gasteiger charge is 2.13. The van der Waals surface area contributed by atoms with Gasteiger partial charge in [-0.05, 0) is 23.1 Å². The van der Waals surface area contributed by atoms with E-state index in [0.717, 1.165) is 10.8 Å². The fraction of sp³-hybridized carbons (Fsp3) is 0.400. The molecule has 2 rings (SSSR count). The topological polar surface area (TPSA) is 59.8 Å². The van der Waals surface area contributed by atoms with Crippen LogP contribution in [0.15, 0.2) is 35.7 Å². The first-order chi connectivity index (χ1) is 9.86. The van der Waals surface area contributed by atoms with Crippen LogP contribution in [0.1, 0.15) is 26.3 Å². The zero-order chi connectivity index (χ0) is 15.5. The highest BCUT2D eigenvalue weighted by atomic mass is 32.2. The molecule has 0 radical (unpaired) electrons. The first-order valence-corrected chi connectivity index (χ1v) is 7.72. The summed E-state index contributed by atoms with van der Waals surface area (Å²) in [5, 5.41) is 11.3. The van der Waals surface area contributed by atoms with E-state index in [9.17, 15) is 4.79 Å². The fourth-order valence-electron chi connectivity index (χ4n) is 1.78. The number of anilines is 1. The molecule has 0 fully saturated rings. The molecule has 1 aromatic carbocycles. The van der Waals surface area contributed by atoms with E-state index in [2.05, 4.69) is 36.3 Å². The van der Waals surface area contributed by atoms with Gasteiger partial charge in [-0.3, -0.25) is 4.79 Å². The lowest BCUT2D eigenvalue weighted by Crippen LogP contribution is -2.15. The Hall–Kier alpha value is -1.82. The normalized spacial score (nSPS) is 11.4. The molecule has 0 unspecified atom stereocenters. The summed E-state index contributed by atoms with van der Waals surface area (Å²) in [4.78, 5) is 11.9. The van der Waals surface area contributed by atoms with Crippen molar-refractivity contribution in [2.75, 3.05) is 11.1 Å². The van der Waals surface area contributed by atoms with Crippen molar-refractivity contribution in [1.29, 1.82) is 0 Å². The lowest BCUT2D eigenvalue weighted by molar-refractivity contribution is -0.113. The minimum Gasteiger partial charge on any atom is -0.325 e. The Kier molecular flexibility index (Phi) is 4.67. The Morgan fingerprint density at radius 3 is 2.48 bits per heavy atom. The number of hydrogen-bond acceptors (Lipinski definition) is 4. The average Bonchev–Trinajstić information content (AvgIpc) is 2.81. The summed E-state index contributed by atoms with van der Waals surface area (Å²) >= 11 is 1.37. The quantitative estimate of drug-likeness (QED) is 0.882. The van der Waals surface area contributed by atoms with Gasteiger partial charge in [0, 0.05) is 12.7 Å². The highest BCUT2D eigenvalue weighted by Crippen LogP contribution is 2.23. The molecular weight excluding hydrogens is 284 g/mol. The number of nitrogens with zero attached hydrogens (tertiary/aromatic N) is 3. The van der Waals surface area contributed by atoms with Crippen LogP contribution in [0.4, 0.5) is 5.69 Å². The second kappa shape index (κ2) is 6.30. The highest BCUT2D eigenvalue weighted by molar-refractivity contribution is 7.99. The number of aryl methyl sites for hydroxylation is 1. The first kappa shape index (κ1) is 15.6. The van der Waals surface area contributed by atoms with Crippen molar-refractivity contribution in [2.24, 2.45) is 7.05 Å². The molecule has 2 aromatic rings. The van der Waals surface area contributed by atoms with E-state index in [1.807, 2.05) is 31.3 Å². The first-order valence-electron chi connectivity index (χ1n) is 6.73. The Labute approximate surface area is 129 Å². The third-order valence-corrected chi connectivity index (χ3v) is 4.07. The Balaban J connectivity index is 1.89. The summed E-state index contributed by atoms with van der Waals surface area (Å²) in [5.41, 5.74) is 2.17. The molecule has 0 spiro atoms. The zero-order valence-corrected chi connectivity index (χ0v) is 13.6. The monoisotopic (exact) mass is 304 g/mol. The summed E-state index contributed by atoms with van der Waals surface area (Å²) in [7, 11) is 1.85. The smallest absolute Gasteiger partial charge is 0.234 e. The van der Waals surface area contributed by atoms with Crippen molar-refractivity contribution in [2.45, 2.75) is 31.3 Å². The fourth-order valence-corrected chi connectivity index (χ4v) is 2.47. The van der Waals surface area contributed by atoms with E-state index in [-0.39, 0.29) is 11.3 Å². The molecule has 0 aliphatic carbocycles. The van der Waals surface area contributed by atoms with Gasteiger partial charge in [0.1, 0.15) is 6.33 Å². The Morgan fingerprint density at radius 1 is 1.29 bits per heavy atom. The van der Waals surface area contributed by atoms with Gasteiger partial charge < -0.3 is 9.88 Å². The SMILES string of the molecule is Cn1cnnc1SCC(=O)Nc1ccc(C(C)(C)C)cc1. The zero-order valence-electron chi connectivity index (χ0n) is 12.8. The Bertz CT molecular complexity index is 613. The number of rotatable bonds is 4. The van der Waals surface area contributed by atoms with Gasteiger partial charge in [0.15, 0.2) is 5.16 Å². The number of nitrogens with one attached hydrogen (secondary N) is 1. The summed E-state index contributed by atoms with van der Waals surface area (Å²) in [5.74, 6) is 0.264. The number of amides is 1. The molecule has 112 valence electrons. The molecule has 21 heavy (non-hydrogen) atoms. The number of carbonyl (C=O) groups excluding carboxylic acids is 1. The predicted octanol–water partition coefficient (Wildman–Crippen LogP) is 2.84. The van der Waals surface area contributed by atoms with E-state index >= 15 is 0 Å². The van der Waals surface area contributed by atoms with Crippen molar-refractivity contribution < 1.29 is 4.79 Å². The van der Waals surface area contributed by atoms with Gasteiger partial charge >= 0.3 is 0 Å². The van der Waals surface area contributed by atoms with Crippen LogP contribution in [0, 0.1) is 0 Å². The van der Waals surface area contributed by atoms with E-state index in [4.69, 9.17) is 0 Å². The second-order valence-electron chi connectivity index (χ2n) is 5.89. The molecule has 1 aromatic heterocycles. The number of aromatic nitrogens is 3. The second-order valence-corrected chi connectivity index (χ2v) is 6.83. The maximum atomic E-state index is 11.9. The lowest BCUT2D eigenvalue weighted by Gasteiger charge is -2.19. The maximum absolute atomic E-state index is 11.9. The minimum absolute atomic E-state index is 0.0495. The Morgan fingerprint density at radius 2 is 1.95 bits per heavy atom.